The predicted molar refractivity (Wildman–Crippen MR) is 70.9 cm³/mol. The third-order valence-corrected chi connectivity index (χ3v) is 3.87. The summed E-state index contributed by atoms with van der Waals surface area (Å²) in [6.07, 6.45) is 13.0. The lowest BCUT2D eigenvalue weighted by atomic mass is 9.86. The van der Waals surface area contributed by atoms with E-state index in [2.05, 4.69) is 12.2 Å². The fourth-order valence-corrected chi connectivity index (χ4v) is 2.61. The maximum absolute atomic E-state index is 11.0. The SMILES string of the molecule is CC(C)[C@@H](CC=CCC1CCCCC1)C(=O)O. The molecule has 1 aliphatic rings. The van der Waals surface area contributed by atoms with Gasteiger partial charge in [0, 0.05) is 0 Å². The molecular weight excluding hydrogens is 212 g/mol. The van der Waals surface area contributed by atoms with Crippen LogP contribution in [0.1, 0.15) is 58.8 Å². The number of allylic oxidation sites excluding steroid dienone is 2. The smallest absolute Gasteiger partial charge is 0.307 e. The predicted octanol–water partition coefficient (Wildman–Crippen LogP) is 4.26. The van der Waals surface area contributed by atoms with E-state index in [1.807, 2.05) is 13.8 Å². The Morgan fingerprint density at radius 1 is 1.24 bits per heavy atom. The van der Waals surface area contributed by atoms with Gasteiger partial charge < -0.3 is 5.11 Å². The first-order chi connectivity index (χ1) is 8.11. The summed E-state index contributed by atoms with van der Waals surface area (Å²) in [7, 11) is 0. The van der Waals surface area contributed by atoms with Crippen LogP contribution in [0.4, 0.5) is 0 Å². The van der Waals surface area contributed by atoms with Crippen molar-refractivity contribution in [3.05, 3.63) is 12.2 Å². The van der Waals surface area contributed by atoms with Gasteiger partial charge in [-0.3, -0.25) is 4.79 Å². The Hall–Kier alpha value is -0.790. The lowest BCUT2D eigenvalue weighted by Crippen LogP contribution is -2.18. The molecule has 2 nitrogen and oxygen atoms in total. The highest BCUT2D eigenvalue weighted by atomic mass is 16.4. The van der Waals surface area contributed by atoms with E-state index >= 15 is 0 Å². The Bertz CT molecular complexity index is 250. The van der Waals surface area contributed by atoms with Crippen molar-refractivity contribution in [3.8, 4) is 0 Å². The highest BCUT2D eigenvalue weighted by Crippen LogP contribution is 2.26. The average molecular weight is 238 g/mol. The van der Waals surface area contributed by atoms with Crippen LogP contribution in [-0.4, -0.2) is 11.1 Å². The molecule has 2 heteroatoms. The van der Waals surface area contributed by atoms with E-state index < -0.39 is 5.97 Å². The van der Waals surface area contributed by atoms with Gasteiger partial charge in [0.1, 0.15) is 0 Å². The molecule has 0 amide bonds. The van der Waals surface area contributed by atoms with E-state index in [-0.39, 0.29) is 11.8 Å². The second-order valence-electron chi connectivity index (χ2n) is 5.64. The molecule has 0 heterocycles. The first-order valence-corrected chi connectivity index (χ1v) is 6.99. The van der Waals surface area contributed by atoms with Crippen LogP contribution in [-0.2, 0) is 4.79 Å². The Balaban J connectivity index is 2.25. The average Bonchev–Trinajstić information content (AvgIpc) is 2.29. The fourth-order valence-electron chi connectivity index (χ4n) is 2.61. The topological polar surface area (TPSA) is 37.3 Å². The number of carboxylic acid groups (broad SMARTS) is 1. The van der Waals surface area contributed by atoms with Gasteiger partial charge in [-0.25, -0.2) is 0 Å². The van der Waals surface area contributed by atoms with Gasteiger partial charge in [0.25, 0.3) is 0 Å². The highest BCUT2D eigenvalue weighted by molar-refractivity contribution is 5.70. The number of rotatable bonds is 6. The molecule has 0 aromatic carbocycles. The van der Waals surface area contributed by atoms with E-state index in [1.165, 1.54) is 32.1 Å². The van der Waals surface area contributed by atoms with E-state index in [1.54, 1.807) is 0 Å². The van der Waals surface area contributed by atoms with Crippen LogP contribution >= 0.6 is 0 Å². The third kappa shape index (κ3) is 5.38. The highest BCUT2D eigenvalue weighted by Gasteiger charge is 2.19. The zero-order chi connectivity index (χ0) is 12.7. The molecule has 0 radical (unpaired) electrons. The van der Waals surface area contributed by atoms with Crippen molar-refractivity contribution in [2.45, 2.75) is 58.8 Å². The molecule has 98 valence electrons. The monoisotopic (exact) mass is 238 g/mol. The van der Waals surface area contributed by atoms with Gasteiger partial charge in [0.15, 0.2) is 0 Å². The quantitative estimate of drug-likeness (QED) is 0.702. The summed E-state index contributed by atoms with van der Waals surface area (Å²) in [6.45, 7) is 3.96. The largest absolute Gasteiger partial charge is 0.481 e. The van der Waals surface area contributed by atoms with Gasteiger partial charge in [-0.1, -0.05) is 58.1 Å². The van der Waals surface area contributed by atoms with Gasteiger partial charge in [-0.2, -0.15) is 0 Å². The summed E-state index contributed by atoms with van der Waals surface area (Å²) in [5.74, 6) is 0.175. The Kier molecular flexibility index (Phi) is 6.31. The van der Waals surface area contributed by atoms with Crippen LogP contribution in [0.25, 0.3) is 0 Å². The molecule has 0 aromatic heterocycles. The molecule has 17 heavy (non-hydrogen) atoms. The number of hydrogen-bond acceptors (Lipinski definition) is 1. The molecule has 1 rings (SSSR count). The minimum absolute atomic E-state index is 0.215. The number of carboxylic acids is 1. The maximum atomic E-state index is 11.0. The lowest BCUT2D eigenvalue weighted by molar-refractivity contribution is -0.143. The first kappa shape index (κ1) is 14.3. The van der Waals surface area contributed by atoms with Crippen molar-refractivity contribution in [1.29, 1.82) is 0 Å². The van der Waals surface area contributed by atoms with Crippen molar-refractivity contribution in [2.24, 2.45) is 17.8 Å². The van der Waals surface area contributed by atoms with Gasteiger partial charge >= 0.3 is 5.97 Å². The van der Waals surface area contributed by atoms with Crippen LogP contribution < -0.4 is 0 Å². The summed E-state index contributed by atoms with van der Waals surface area (Å²) < 4.78 is 0. The van der Waals surface area contributed by atoms with Gasteiger partial charge in [0.05, 0.1) is 5.92 Å². The number of aliphatic carboxylic acids is 1. The van der Waals surface area contributed by atoms with E-state index in [9.17, 15) is 4.79 Å². The molecule has 1 aliphatic carbocycles. The standard InChI is InChI=1S/C15H26O2/c1-12(2)14(15(16)17)11-7-6-10-13-8-4-3-5-9-13/h6-7,12-14H,3-5,8-11H2,1-2H3,(H,16,17)/t14-/m1/s1. The Morgan fingerprint density at radius 3 is 2.41 bits per heavy atom. The fraction of sp³-hybridized carbons (Fsp3) is 0.800. The van der Waals surface area contributed by atoms with Crippen molar-refractivity contribution in [3.63, 3.8) is 0 Å². The minimum Gasteiger partial charge on any atom is -0.481 e. The van der Waals surface area contributed by atoms with Crippen molar-refractivity contribution < 1.29 is 9.90 Å². The molecule has 0 unspecified atom stereocenters. The van der Waals surface area contributed by atoms with Crippen LogP contribution in [0, 0.1) is 17.8 Å². The van der Waals surface area contributed by atoms with Crippen LogP contribution in [0.5, 0.6) is 0 Å². The summed E-state index contributed by atoms with van der Waals surface area (Å²) >= 11 is 0. The zero-order valence-corrected chi connectivity index (χ0v) is 11.2. The summed E-state index contributed by atoms with van der Waals surface area (Å²) in [5, 5.41) is 9.06. The molecular formula is C15H26O2. The molecule has 0 aliphatic heterocycles. The van der Waals surface area contributed by atoms with Crippen molar-refractivity contribution in [2.75, 3.05) is 0 Å². The van der Waals surface area contributed by atoms with Crippen LogP contribution in [0.3, 0.4) is 0 Å². The molecule has 0 saturated heterocycles. The molecule has 0 aromatic rings. The molecule has 0 bridgehead atoms. The Morgan fingerprint density at radius 2 is 1.88 bits per heavy atom. The van der Waals surface area contributed by atoms with Crippen molar-refractivity contribution >= 4 is 5.97 Å². The van der Waals surface area contributed by atoms with Crippen LogP contribution in [0.15, 0.2) is 12.2 Å². The van der Waals surface area contributed by atoms with E-state index in [0.29, 0.717) is 6.42 Å². The van der Waals surface area contributed by atoms with Crippen molar-refractivity contribution in [1.82, 2.24) is 0 Å². The normalized spacial score (nSPS) is 19.9. The first-order valence-electron chi connectivity index (χ1n) is 6.99. The van der Waals surface area contributed by atoms with E-state index in [4.69, 9.17) is 5.11 Å². The lowest BCUT2D eigenvalue weighted by Gasteiger charge is -2.19. The summed E-state index contributed by atoms with van der Waals surface area (Å²) in [6, 6.07) is 0. The van der Waals surface area contributed by atoms with Gasteiger partial charge in [-0.05, 0) is 24.7 Å². The maximum Gasteiger partial charge on any atom is 0.307 e. The van der Waals surface area contributed by atoms with Crippen LogP contribution in [0.2, 0.25) is 0 Å². The molecule has 0 spiro atoms. The number of hydrogen-bond donors (Lipinski definition) is 1. The summed E-state index contributed by atoms with van der Waals surface area (Å²) in [4.78, 5) is 11.0. The summed E-state index contributed by atoms with van der Waals surface area (Å²) in [5.41, 5.74) is 0. The van der Waals surface area contributed by atoms with E-state index in [0.717, 1.165) is 12.3 Å². The molecule has 1 fully saturated rings. The molecule has 1 saturated carbocycles. The molecule has 1 N–H and O–H groups in total. The minimum atomic E-state index is -0.665. The Labute approximate surface area is 105 Å². The molecule has 1 atom stereocenters. The number of carbonyl (C=O) groups is 1. The zero-order valence-electron chi connectivity index (χ0n) is 11.2. The second kappa shape index (κ2) is 7.52. The van der Waals surface area contributed by atoms with Gasteiger partial charge in [-0.15, -0.1) is 0 Å². The van der Waals surface area contributed by atoms with Gasteiger partial charge in [0.2, 0.25) is 0 Å². The second-order valence-corrected chi connectivity index (χ2v) is 5.64. The third-order valence-electron chi connectivity index (χ3n) is 3.87.